The van der Waals surface area contributed by atoms with Crippen LogP contribution in [0.1, 0.15) is 47.1 Å². The summed E-state index contributed by atoms with van der Waals surface area (Å²) in [5.41, 5.74) is 4.90. The van der Waals surface area contributed by atoms with Gasteiger partial charge in [0.05, 0.1) is 11.3 Å². The summed E-state index contributed by atoms with van der Waals surface area (Å²) >= 11 is 6.25. The van der Waals surface area contributed by atoms with Crippen LogP contribution in [0.25, 0.3) is 0 Å². The minimum absolute atomic E-state index is 0.0585. The van der Waals surface area contributed by atoms with E-state index in [0.29, 0.717) is 23.7 Å². The number of phenols is 1. The molecule has 0 saturated heterocycles. The van der Waals surface area contributed by atoms with Crippen LogP contribution >= 0.6 is 11.6 Å². The van der Waals surface area contributed by atoms with Crippen LogP contribution in [0.15, 0.2) is 64.3 Å². The lowest BCUT2D eigenvalue weighted by Crippen LogP contribution is -2.29. The van der Waals surface area contributed by atoms with Gasteiger partial charge in [0.25, 0.3) is 0 Å². The number of hydrogen-bond donors (Lipinski definition) is 2. The molecule has 5 nitrogen and oxygen atoms in total. The van der Waals surface area contributed by atoms with Crippen LogP contribution in [-0.2, 0) is 4.79 Å². The van der Waals surface area contributed by atoms with Crippen LogP contribution in [0.4, 0.5) is 5.88 Å². The number of rotatable bonds is 2. The molecular formula is C23H19ClN2O3. The number of Topliss-reactive ketones (excluding diaryl/α,β-unsaturated/α-hetero) is 1. The number of aromatic nitrogens is 1. The minimum Gasteiger partial charge on any atom is -0.508 e. The van der Waals surface area contributed by atoms with Crippen molar-refractivity contribution in [1.82, 2.24) is 5.16 Å². The Kier molecular flexibility index (Phi) is 4.21. The van der Waals surface area contributed by atoms with Crippen LogP contribution in [0, 0.1) is 6.92 Å². The molecule has 5 rings (SSSR count). The number of nitrogens with zero attached hydrogens (tertiary/aromatic N) is 1. The second kappa shape index (κ2) is 6.78. The normalized spacial score (nSPS) is 20.8. The first kappa shape index (κ1) is 18.0. The third-order valence-corrected chi connectivity index (χ3v) is 6.05. The first-order valence-electron chi connectivity index (χ1n) is 9.55. The Labute approximate surface area is 173 Å². The summed E-state index contributed by atoms with van der Waals surface area (Å²) in [5, 5.41) is 18.3. The van der Waals surface area contributed by atoms with Crippen molar-refractivity contribution in [3.8, 4) is 5.75 Å². The number of aromatic hydroxyl groups is 1. The Balaban J connectivity index is 1.64. The first-order valence-corrected chi connectivity index (χ1v) is 9.93. The van der Waals surface area contributed by atoms with Crippen molar-refractivity contribution in [3.63, 3.8) is 0 Å². The number of ketones is 1. The second-order valence-electron chi connectivity index (χ2n) is 7.60. The average Bonchev–Trinajstić information content (AvgIpc) is 3.07. The summed E-state index contributed by atoms with van der Waals surface area (Å²) in [7, 11) is 0. The van der Waals surface area contributed by atoms with Gasteiger partial charge in [0, 0.05) is 34.5 Å². The molecule has 0 saturated carbocycles. The number of fused-ring (bicyclic) bond motifs is 1. The van der Waals surface area contributed by atoms with E-state index < -0.39 is 0 Å². The van der Waals surface area contributed by atoms with Crippen molar-refractivity contribution in [3.05, 3.63) is 87.2 Å². The number of benzene rings is 2. The Bertz CT molecular complexity index is 1160. The number of halogens is 1. The van der Waals surface area contributed by atoms with Crippen molar-refractivity contribution < 1.29 is 14.4 Å². The molecule has 2 atom stereocenters. The van der Waals surface area contributed by atoms with Crippen LogP contribution in [-0.4, -0.2) is 16.0 Å². The third kappa shape index (κ3) is 2.93. The predicted molar refractivity (Wildman–Crippen MR) is 110 cm³/mol. The standard InChI is InChI=1S/C23H19ClN2O3/c1-12-20-21(13-5-4-6-15(24)9-13)22-17(25-23(20)29-26-12)10-14(11-19(22)28)16-7-2-3-8-18(16)27/h2-9,14,21,25,27H,10-11H2,1H3/t14-,21-/m0/s1. The molecule has 146 valence electrons. The maximum atomic E-state index is 13.4. The molecule has 1 aliphatic carbocycles. The van der Waals surface area contributed by atoms with Gasteiger partial charge in [0.1, 0.15) is 5.75 Å². The fraction of sp³-hybridized carbons (Fsp3) is 0.217. The van der Waals surface area contributed by atoms with Crippen molar-refractivity contribution in [2.75, 3.05) is 5.32 Å². The number of hydrogen-bond acceptors (Lipinski definition) is 5. The largest absolute Gasteiger partial charge is 0.508 e. The van der Waals surface area contributed by atoms with E-state index in [0.717, 1.165) is 33.7 Å². The molecule has 0 amide bonds. The molecule has 3 aromatic rings. The predicted octanol–water partition coefficient (Wildman–Crippen LogP) is 5.30. The zero-order valence-corrected chi connectivity index (χ0v) is 16.5. The van der Waals surface area contributed by atoms with Gasteiger partial charge in [-0.2, -0.15) is 0 Å². The molecule has 2 N–H and O–H groups in total. The van der Waals surface area contributed by atoms with Gasteiger partial charge >= 0.3 is 0 Å². The highest BCUT2D eigenvalue weighted by molar-refractivity contribution is 6.30. The maximum absolute atomic E-state index is 13.4. The Morgan fingerprint density at radius 1 is 1.17 bits per heavy atom. The molecule has 0 fully saturated rings. The molecule has 0 bridgehead atoms. The molecule has 0 radical (unpaired) electrons. The van der Waals surface area contributed by atoms with E-state index in [1.165, 1.54) is 0 Å². The molecule has 29 heavy (non-hydrogen) atoms. The molecular weight excluding hydrogens is 388 g/mol. The van der Waals surface area contributed by atoms with Crippen molar-refractivity contribution in [1.29, 1.82) is 0 Å². The highest BCUT2D eigenvalue weighted by atomic mass is 35.5. The average molecular weight is 407 g/mol. The molecule has 2 heterocycles. The number of allylic oxidation sites excluding steroid dienone is 2. The van der Waals surface area contributed by atoms with Gasteiger partial charge < -0.3 is 14.9 Å². The number of carbonyl (C=O) groups excluding carboxylic acids is 1. The van der Waals surface area contributed by atoms with Gasteiger partial charge in [-0.3, -0.25) is 4.79 Å². The molecule has 1 aromatic heterocycles. The topological polar surface area (TPSA) is 75.4 Å². The summed E-state index contributed by atoms with van der Waals surface area (Å²) in [6.45, 7) is 1.88. The van der Waals surface area contributed by atoms with E-state index in [2.05, 4.69) is 10.5 Å². The highest BCUT2D eigenvalue weighted by Gasteiger charge is 2.41. The summed E-state index contributed by atoms with van der Waals surface area (Å²) in [6, 6.07) is 14.8. The van der Waals surface area contributed by atoms with Gasteiger partial charge in [-0.1, -0.05) is 47.1 Å². The van der Waals surface area contributed by atoms with E-state index >= 15 is 0 Å². The number of nitrogens with one attached hydrogen (secondary N) is 1. The highest BCUT2D eigenvalue weighted by Crippen LogP contribution is 2.49. The lowest BCUT2D eigenvalue weighted by molar-refractivity contribution is -0.116. The van der Waals surface area contributed by atoms with Crippen LogP contribution in [0.3, 0.4) is 0 Å². The molecule has 2 aromatic carbocycles. The Hall–Kier alpha value is -3.05. The van der Waals surface area contributed by atoms with Crippen molar-refractivity contribution in [2.24, 2.45) is 0 Å². The van der Waals surface area contributed by atoms with Crippen LogP contribution in [0.5, 0.6) is 5.75 Å². The Morgan fingerprint density at radius 3 is 2.79 bits per heavy atom. The molecule has 0 unspecified atom stereocenters. The maximum Gasteiger partial charge on any atom is 0.233 e. The van der Waals surface area contributed by atoms with E-state index in [-0.39, 0.29) is 23.4 Å². The lowest BCUT2D eigenvalue weighted by Gasteiger charge is -2.34. The quantitative estimate of drug-likeness (QED) is 0.604. The number of phenolic OH excluding ortho intramolecular Hbond substituents is 1. The number of anilines is 1. The van der Waals surface area contributed by atoms with Crippen molar-refractivity contribution >= 4 is 23.3 Å². The summed E-state index contributed by atoms with van der Waals surface area (Å²) in [5.74, 6) is 0.470. The van der Waals surface area contributed by atoms with E-state index in [1.807, 2.05) is 43.3 Å². The zero-order chi connectivity index (χ0) is 20.1. The van der Waals surface area contributed by atoms with E-state index in [1.54, 1.807) is 12.1 Å². The lowest BCUT2D eigenvalue weighted by atomic mass is 9.72. The SMILES string of the molecule is Cc1noc2c1[C@H](c1cccc(Cl)c1)C1=C(C[C@H](c3ccccc3O)CC1=O)N2. The number of para-hydroxylation sites is 1. The van der Waals surface area contributed by atoms with E-state index in [4.69, 9.17) is 16.1 Å². The summed E-state index contributed by atoms with van der Waals surface area (Å²) < 4.78 is 5.53. The third-order valence-electron chi connectivity index (χ3n) is 5.82. The zero-order valence-electron chi connectivity index (χ0n) is 15.8. The van der Waals surface area contributed by atoms with Gasteiger partial charge in [-0.25, -0.2) is 0 Å². The fourth-order valence-electron chi connectivity index (χ4n) is 4.54. The summed E-state index contributed by atoms with van der Waals surface area (Å²) in [4.78, 5) is 13.4. The minimum atomic E-state index is -0.274. The number of carbonyl (C=O) groups is 1. The van der Waals surface area contributed by atoms with Crippen LogP contribution in [0.2, 0.25) is 5.02 Å². The van der Waals surface area contributed by atoms with Gasteiger partial charge in [-0.15, -0.1) is 0 Å². The van der Waals surface area contributed by atoms with Gasteiger partial charge in [-0.05, 0) is 42.7 Å². The fourth-order valence-corrected chi connectivity index (χ4v) is 4.74. The summed E-state index contributed by atoms with van der Waals surface area (Å²) in [6.07, 6.45) is 0.948. The molecule has 0 spiro atoms. The van der Waals surface area contributed by atoms with Gasteiger partial charge in [0.2, 0.25) is 5.88 Å². The second-order valence-corrected chi connectivity index (χ2v) is 8.04. The first-order chi connectivity index (χ1) is 14.0. The van der Waals surface area contributed by atoms with Crippen LogP contribution < -0.4 is 5.32 Å². The molecule has 2 aliphatic rings. The Morgan fingerprint density at radius 2 is 2.00 bits per heavy atom. The smallest absolute Gasteiger partial charge is 0.233 e. The van der Waals surface area contributed by atoms with E-state index in [9.17, 15) is 9.90 Å². The van der Waals surface area contributed by atoms with Crippen molar-refractivity contribution in [2.45, 2.75) is 31.6 Å². The monoisotopic (exact) mass is 406 g/mol. The van der Waals surface area contributed by atoms with Gasteiger partial charge in [0.15, 0.2) is 5.78 Å². The number of aryl methyl sites for hydroxylation is 1. The molecule has 6 heteroatoms. The molecule has 1 aliphatic heterocycles.